The maximum Gasteiger partial charge on any atom is 0.240 e. The van der Waals surface area contributed by atoms with Gasteiger partial charge in [-0.1, -0.05) is 29.4 Å². The van der Waals surface area contributed by atoms with Gasteiger partial charge in [-0.05, 0) is 24.3 Å². The van der Waals surface area contributed by atoms with Crippen molar-refractivity contribution in [1.29, 1.82) is 0 Å². The van der Waals surface area contributed by atoms with Crippen molar-refractivity contribution < 1.29 is 29.1 Å². The van der Waals surface area contributed by atoms with Gasteiger partial charge in [0.15, 0.2) is 5.75 Å². The zero-order chi connectivity index (χ0) is 22.1. The molecule has 0 saturated heterocycles. The van der Waals surface area contributed by atoms with Crippen molar-refractivity contribution in [2.24, 2.45) is 0 Å². The minimum Gasteiger partial charge on any atom is -0.503 e. The molecule has 0 radical (unpaired) electrons. The van der Waals surface area contributed by atoms with Crippen molar-refractivity contribution in [3.05, 3.63) is 66.4 Å². The molecule has 8 nitrogen and oxygen atoms in total. The van der Waals surface area contributed by atoms with Crippen LogP contribution >= 0.6 is 0 Å². The van der Waals surface area contributed by atoms with Crippen LogP contribution in [-0.2, 0) is 4.79 Å². The molecule has 2 aromatic carbocycles. The molecule has 0 saturated carbocycles. The summed E-state index contributed by atoms with van der Waals surface area (Å²) in [6.07, 6.45) is 1.46. The van der Waals surface area contributed by atoms with Gasteiger partial charge in [0, 0.05) is 29.8 Å². The average Bonchev–Trinajstić information content (AvgIpc) is 3.41. The van der Waals surface area contributed by atoms with Crippen LogP contribution in [0.25, 0.3) is 28.2 Å². The standard InChI is InChI=1S/C23H18N2O6/c1-13(26)21(27)19-20(16-5-3-4-6-18(16)30-2)25(23(29)22(19)28)15-9-7-14(8-10-15)17-11-12-31-24-17/h3-12,28-29H,1-2H3. The molecule has 4 aromatic rings. The first-order valence-electron chi connectivity index (χ1n) is 9.30. The minimum atomic E-state index is -0.924. The van der Waals surface area contributed by atoms with Crippen LogP contribution in [0.1, 0.15) is 17.3 Å². The Kier molecular flexibility index (Phi) is 5.04. The first-order chi connectivity index (χ1) is 14.9. The SMILES string of the molecule is COc1ccccc1-c1c(C(=O)C(C)=O)c(O)c(O)n1-c1ccc(-c2ccon2)cc1. The van der Waals surface area contributed by atoms with Crippen LogP contribution in [0, 0.1) is 0 Å². The number of hydrogen-bond donors (Lipinski definition) is 2. The van der Waals surface area contributed by atoms with Crippen molar-refractivity contribution >= 4 is 11.6 Å². The zero-order valence-electron chi connectivity index (χ0n) is 16.7. The molecule has 0 spiro atoms. The monoisotopic (exact) mass is 418 g/mol. The minimum absolute atomic E-state index is 0.141. The molecule has 156 valence electrons. The molecule has 0 unspecified atom stereocenters. The Bertz CT molecular complexity index is 1270. The number of Topliss-reactive ketones (excluding diaryl/α,β-unsaturated/α-hetero) is 2. The third kappa shape index (κ3) is 3.33. The maximum absolute atomic E-state index is 12.7. The van der Waals surface area contributed by atoms with Crippen molar-refractivity contribution in [2.45, 2.75) is 6.92 Å². The third-order valence-electron chi connectivity index (χ3n) is 4.89. The lowest BCUT2D eigenvalue weighted by Gasteiger charge is -2.14. The summed E-state index contributed by atoms with van der Waals surface area (Å²) >= 11 is 0. The Hall–Kier alpha value is -4.33. The summed E-state index contributed by atoms with van der Waals surface area (Å²) in [7, 11) is 1.46. The van der Waals surface area contributed by atoms with Crippen LogP contribution in [0.2, 0.25) is 0 Å². The van der Waals surface area contributed by atoms with Gasteiger partial charge in [-0.3, -0.25) is 14.2 Å². The maximum atomic E-state index is 12.7. The summed E-state index contributed by atoms with van der Waals surface area (Å²) in [5.41, 5.74) is 2.11. The average molecular weight is 418 g/mol. The number of carbonyl (C=O) groups is 2. The van der Waals surface area contributed by atoms with E-state index in [0.29, 0.717) is 22.7 Å². The number of hydrogen-bond acceptors (Lipinski definition) is 7. The fourth-order valence-electron chi connectivity index (χ4n) is 3.43. The summed E-state index contributed by atoms with van der Waals surface area (Å²) in [6, 6.07) is 15.4. The lowest BCUT2D eigenvalue weighted by atomic mass is 10.0. The third-order valence-corrected chi connectivity index (χ3v) is 4.89. The number of methoxy groups -OCH3 is 1. The summed E-state index contributed by atoms with van der Waals surface area (Å²) in [5, 5.41) is 25.2. The number of nitrogens with zero attached hydrogens (tertiary/aromatic N) is 2. The zero-order valence-corrected chi connectivity index (χ0v) is 16.7. The highest BCUT2D eigenvalue weighted by atomic mass is 16.5. The van der Waals surface area contributed by atoms with Gasteiger partial charge in [0.25, 0.3) is 0 Å². The van der Waals surface area contributed by atoms with E-state index in [9.17, 15) is 19.8 Å². The highest BCUT2D eigenvalue weighted by Crippen LogP contribution is 2.45. The first kappa shape index (κ1) is 20.0. The molecule has 2 heterocycles. The number of aromatic nitrogens is 2. The fraction of sp³-hybridized carbons (Fsp3) is 0.0870. The van der Waals surface area contributed by atoms with Gasteiger partial charge in [0.1, 0.15) is 17.7 Å². The van der Waals surface area contributed by atoms with Crippen molar-refractivity contribution in [3.8, 4) is 45.6 Å². The lowest BCUT2D eigenvalue weighted by molar-refractivity contribution is -0.113. The number of aromatic hydroxyl groups is 2. The van der Waals surface area contributed by atoms with Crippen LogP contribution in [0.5, 0.6) is 17.4 Å². The Morgan fingerprint density at radius 3 is 2.35 bits per heavy atom. The molecule has 2 aromatic heterocycles. The lowest BCUT2D eigenvalue weighted by Crippen LogP contribution is -2.11. The van der Waals surface area contributed by atoms with E-state index in [1.807, 2.05) is 0 Å². The molecule has 8 heteroatoms. The van der Waals surface area contributed by atoms with Crippen LogP contribution in [0.3, 0.4) is 0 Å². The topological polar surface area (TPSA) is 115 Å². The van der Waals surface area contributed by atoms with E-state index in [-0.39, 0.29) is 11.3 Å². The molecular formula is C23H18N2O6. The second kappa shape index (κ2) is 7.83. The highest BCUT2D eigenvalue weighted by molar-refractivity contribution is 6.45. The van der Waals surface area contributed by atoms with Gasteiger partial charge in [-0.25, -0.2) is 0 Å². The second-order valence-electron chi connectivity index (χ2n) is 6.75. The molecule has 0 atom stereocenters. The van der Waals surface area contributed by atoms with E-state index in [1.165, 1.54) is 17.9 Å². The molecule has 0 amide bonds. The Balaban J connectivity index is 1.99. The number of rotatable bonds is 6. The number of ketones is 2. The van der Waals surface area contributed by atoms with E-state index in [4.69, 9.17) is 9.26 Å². The normalized spacial score (nSPS) is 10.8. The summed E-state index contributed by atoms with van der Waals surface area (Å²) in [4.78, 5) is 24.5. The van der Waals surface area contributed by atoms with Crippen LogP contribution in [-0.4, -0.2) is 38.6 Å². The second-order valence-corrected chi connectivity index (χ2v) is 6.75. The summed E-state index contributed by atoms with van der Waals surface area (Å²) < 4.78 is 11.6. The van der Waals surface area contributed by atoms with E-state index in [2.05, 4.69) is 5.16 Å². The largest absolute Gasteiger partial charge is 0.503 e. The highest BCUT2D eigenvalue weighted by Gasteiger charge is 2.32. The molecule has 0 aliphatic carbocycles. The molecule has 0 fully saturated rings. The fourth-order valence-corrected chi connectivity index (χ4v) is 3.43. The molecule has 2 N–H and O–H groups in total. The van der Waals surface area contributed by atoms with Gasteiger partial charge in [-0.15, -0.1) is 0 Å². The van der Waals surface area contributed by atoms with Crippen molar-refractivity contribution in [2.75, 3.05) is 7.11 Å². The van der Waals surface area contributed by atoms with Crippen molar-refractivity contribution in [1.82, 2.24) is 9.72 Å². The molecule has 0 aliphatic rings. The van der Waals surface area contributed by atoms with Gasteiger partial charge < -0.3 is 19.5 Å². The number of benzene rings is 2. The Labute approximate surface area is 176 Å². The van der Waals surface area contributed by atoms with E-state index >= 15 is 0 Å². The van der Waals surface area contributed by atoms with E-state index in [0.717, 1.165) is 12.5 Å². The van der Waals surface area contributed by atoms with Crippen LogP contribution < -0.4 is 4.74 Å². The van der Waals surface area contributed by atoms with E-state index < -0.39 is 23.2 Å². The quantitative estimate of drug-likeness (QED) is 0.359. The molecule has 0 bridgehead atoms. The molecular weight excluding hydrogens is 400 g/mol. The van der Waals surface area contributed by atoms with Gasteiger partial charge >= 0.3 is 0 Å². The van der Waals surface area contributed by atoms with Crippen molar-refractivity contribution in [3.63, 3.8) is 0 Å². The molecule has 31 heavy (non-hydrogen) atoms. The Morgan fingerprint density at radius 2 is 1.74 bits per heavy atom. The smallest absolute Gasteiger partial charge is 0.240 e. The van der Waals surface area contributed by atoms with Crippen LogP contribution in [0.15, 0.2) is 65.4 Å². The van der Waals surface area contributed by atoms with Crippen LogP contribution in [0.4, 0.5) is 0 Å². The van der Waals surface area contributed by atoms with E-state index in [1.54, 1.807) is 54.6 Å². The van der Waals surface area contributed by atoms with Gasteiger partial charge in [0.05, 0.1) is 18.4 Å². The summed E-state index contributed by atoms with van der Waals surface area (Å²) in [5.74, 6) is -2.55. The van der Waals surface area contributed by atoms with Gasteiger partial charge in [-0.2, -0.15) is 0 Å². The predicted molar refractivity (Wildman–Crippen MR) is 112 cm³/mol. The predicted octanol–water partition coefficient (Wildman–Crippen LogP) is 3.99. The molecule has 4 rings (SSSR count). The summed E-state index contributed by atoms with van der Waals surface area (Å²) in [6.45, 7) is 1.11. The Morgan fingerprint density at radius 1 is 1.03 bits per heavy atom. The molecule has 0 aliphatic heterocycles. The number of para-hydroxylation sites is 1. The number of carbonyl (C=O) groups excluding carboxylic acids is 2. The number of ether oxygens (including phenoxy) is 1. The van der Waals surface area contributed by atoms with Gasteiger partial charge in [0.2, 0.25) is 17.4 Å². The first-order valence-corrected chi connectivity index (χ1v) is 9.30.